The van der Waals surface area contributed by atoms with E-state index in [1.165, 1.54) is 29.0 Å². The molecular formula is C19H14FN3O2S. The third-order valence-corrected chi connectivity index (χ3v) is 5.24. The molecular weight excluding hydrogens is 353 g/mol. The molecule has 0 aliphatic heterocycles. The van der Waals surface area contributed by atoms with Crippen LogP contribution in [-0.2, 0) is 14.1 Å². The number of pyridine rings is 1. The molecule has 0 radical (unpaired) electrons. The van der Waals surface area contributed by atoms with Crippen molar-refractivity contribution in [3.05, 3.63) is 74.5 Å². The van der Waals surface area contributed by atoms with Crippen LogP contribution < -0.4 is 11.2 Å². The van der Waals surface area contributed by atoms with Gasteiger partial charge in [0.05, 0.1) is 16.0 Å². The van der Waals surface area contributed by atoms with Gasteiger partial charge < -0.3 is 0 Å². The van der Waals surface area contributed by atoms with Gasteiger partial charge in [0.1, 0.15) is 5.82 Å². The van der Waals surface area contributed by atoms with E-state index in [2.05, 4.69) is 4.98 Å². The maximum atomic E-state index is 14.5. The summed E-state index contributed by atoms with van der Waals surface area (Å²) in [4.78, 5) is 30.5. The maximum Gasteiger partial charge on any atom is 0.332 e. The SMILES string of the molecule is Cn1c(=O)c2c(-c3ccccc3F)cc(-c3cccs3)nc2n(C)c1=O. The number of aryl methyl sites for hydroxylation is 1. The third kappa shape index (κ3) is 2.40. The van der Waals surface area contributed by atoms with Crippen molar-refractivity contribution < 1.29 is 4.39 Å². The van der Waals surface area contributed by atoms with Gasteiger partial charge in [-0.15, -0.1) is 11.3 Å². The number of hydrogen-bond acceptors (Lipinski definition) is 4. The van der Waals surface area contributed by atoms with E-state index >= 15 is 0 Å². The predicted octanol–water partition coefficient (Wildman–Crippen LogP) is 3.17. The van der Waals surface area contributed by atoms with Gasteiger partial charge in [-0.3, -0.25) is 13.9 Å². The Morgan fingerprint density at radius 3 is 2.46 bits per heavy atom. The highest BCUT2D eigenvalue weighted by Gasteiger charge is 2.19. The van der Waals surface area contributed by atoms with Gasteiger partial charge in [-0.05, 0) is 23.6 Å². The van der Waals surface area contributed by atoms with Crippen LogP contribution in [0, 0.1) is 5.82 Å². The molecule has 0 fully saturated rings. The summed E-state index contributed by atoms with van der Waals surface area (Å²) in [6.07, 6.45) is 0. The van der Waals surface area contributed by atoms with Crippen molar-refractivity contribution in [3.63, 3.8) is 0 Å². The van der Waals surface area contributed by atoms with Crippen LogP contribution in [0.4, 0.5) is 4.39 Å². The van der Waals surface area contributed by atoms with E-state index < -0.39 is 17.1 Å². The number of nitrogens with zero attached hydrogens (tertiary/aromatic N) is 3. The van der Waals surface area contributed by atoms with Gasteiger partial charge in [0.2, 0.25) is 0 Å². The van der Waals surface area contributed by atoms with E-state index in [4.69, 9.17) is 0 Å². The summed E-state index contributed by atoms with van der Waals surface area (Å²) in [6, 6.07) is 11.8. The second-order valence-electron chi connectivity index (χ2n) is 5.92. The summed E-state index contributed by atoms with van der Waals surface area (Å²) >= 11 is 1.48. The van der Waals surface area contributed by atoms with Crippen LogP contribution in [0.1, 0.15) is 0 Å². The molecule has 0 saturated carbocycles. The molecule has 4 rings (SSSR count). The Balaban J connectivity index is 2.24. The molecule has 0 spiro atoms. The standard InChI is InChI=1S/C19H14FN3O2S/c1-22-17-16(18(24)23(2)19(22)25)12(11-6-3-4-7-13(11)20)10-14(21-17)15-8-5-9-26-15/h3-10H,1-2H3. The first-order valence-corrected chi connectivity index (χ1v) is 8.76. The molecule has 3 aromatic heterocycles. The third-order valence-electron chi connectivity index (χ3n) is 4.35. The van der Waals surface area contributed by atoms with Gasteiger partial charge in [-0.2, -0.15) is 0 Å². The first kappa shape index (κ1) is 16.4. The Labute approximate surface area is 151 Å². The molecule has 5 nitrogen and oxygen atoms in total. The normalized spacial score (nSPS) is 11.2. The smallest absolute Gasteiger partial charge is 0.280 e. The van der Waals surface area contributed by atoms with E-state index in [-0.39, 0.29) is 11.0 Å². The minimum Gasteiger partial charge on any atom is -0.280 e. The summed E-state index contributed by atoms with van der Waals surface area (Å²) < 4.78 is 16.8. The van der Waals surface area contributed by atoms with E-state index in [1.54, 1.807) is 31.3 Å². The summed E-state index contributed by atoms with van der Waals surface area (Å²) in [5.74, 6) is -0.437. The second kappa shape index (κ2) is 6.03. The lowest BCUT2D eigenvalue weighted by atomic mass is 10.0. The molecule has 4 aromatic rings. The topological polar surface area (TPSA) is 56.9 Å². The van der Waals surface area contributed by atoms with Crippen molar-refractivity contribution in [1.29, 1.82) is 0 Å². The Morgan fingerprint density at radius 2 is 1.77 bits per heavy atom. The number of halogens is 1. The van der Waals surface area contributed by atoms with Gasteiger partial charge in [-0.1, -0.05) is 24.3 Å². The van der Waals surface area contributed by atoms with Crippen LogP contribution >= 0.6 is 11.3 Å². The Bertz CT molecular complexity index is 1260. The van der Waals surface area contributed by atoms with E-state index in [0.717, 1.165) is 9.44 Å². The van der Waals surface area contributed by atoms with Crippen molar-refractivity contribution in [2.24, 2.45) is 14.1 Å². The summed E-state index contributed by atoms with van der Waals surface area (Å²) in [6.45, 7) is 0. The highest BCUT2D eigenvalue weighted by Crippen LogP contribution is 2.32. The van der Waals surface area contributed by atoms with Crippen LogP contribution in [0.15, 0.2) is 57.4 Å². The summed E-state index contributed by atoms with van der Waals surface area (Å²) in [5.41, 5.74) is 0.585. The quantitative estimate of drug-likeness (QED) is 0.547. The average molecular weight is 367 g/mol. The molecule has 0 N–H and O–H groups in total. The van der Waals surface area contributed by atoms with Crippen LogP contribution in [0.5, 0.6) is 0 Å². The van der Waals surface area contributed by atoms with Crippen molar-refractivity contribution in [2.45, 2.75) is 0 Å². The van der Waals surface area contributed by atoms with Gasteiger partial charge in [0.25, 0.3) is 5.56 Å². The zero-order valence-corrected chi connectivity index (χ0v) is 14.9. The molecule has 0 atom stereocenters. The van der Waals surface area contributed by atoms with Crippen molar-refractivity contribution in [1.82, 2.24) is 14.1 Å². The summed E-state index contributed by atoms with van der Waals surface area (Å²) in [7, 11) is 2.96. The van der Waals surface area contributed by atoms with Crippen LogP contribution in [0.3, 0.4) is 0 Å². The monoisotopic (exact) mass is 367 g/mol. The Morgan fingerprint density at radius 1 is 1.00 bits per heavy atom. The average Bonchev–Trinajstić information content (AvgIpc) is 3.19. The minimum absolute atomic E-state index is 0.222. The fourth-order valence-electron chi connectivity index (χ4n) is 3.00. The lowest BCUT2D eigenvalue weighted by Gasteiger charge is -2.13. The molecule has 0 saturated heterocycles. The molecule has 0 aliphatic rings. The fraction of sp³-hybridized carbons (Fsp3) is 0.105. The molecule has 7 heteroatoms. The number of aromatic nitrogens is 3. The van der Waals surface area contributed by atoms with Gasteiger partial charge in [-0.25, -0.2) is 14.2 Å². The first-order chi connectivity index (χ1) is 12.5. The molecule has 0 unspecified atom stereocenters. The van der Waals surface area contributed by atoms with Gasteiger partial charge in [0.15, 0.2) is 5.65 Å². The molecule has 26 heavy (non-hydrogen) atoms. The Hall–Kier alpha value is -3.06. The number of fused-ring (bicyclic) bond motifs is 1. The van der Waals surface area contributed by atoms with Crippen molar-refractivity contribution >= 4 is 22.4 Å². The van der Waals surface area contributed by atoms with Crippen LogP contribution in [0.2, 0.25) is 0 Å². The van der Waals surface area contributed by atoms with Crippen LogP contribution in [-0.4, -0.2) is 14.1 Å². The van der Waals surface area contributed by atoms with E-state index in [1.807, 2.05) is 17.5 Å². The largest absolute Gasteiger partial charge is 0.332 e. The lowest BCUT2D eigenvalue weighted by Crippen LogP contribution is -2.37. The van der Waals surface area contributed by atoms with Crippen molar-refractivity contribution in [3.8, 4) is 21.7 Å². The number of benzene rings is 1. The van der Waals surface area contributed by atoms with Crippen molar-refractivity contribution in [2.75, 3.05) is 0 Å². The fourth-order valence-corrected chi connectivity index (χ4v) is 3.68. The number of thiophene rings is 1. The number of hydrogen-bond donors (Lipinski definition) is 0. The summed E-state index contributed by atoms with van der Waals surface area (Å²) in [5, 5.41) is 2.13. The maximum absolute atomic E-state index is 14.5. The predicted molar refractivity (Wildman–Crippen MR) is 101 cm³/mol. The second-order valence-corrected chi connectivity index (χ2v) is 6.86. The van der Waals surface area contributed by atoms with Crippen LogP contribution in [0.25, 0.3) is 32.7 Å². The molecule has 130 valence electrons. The lowest BCUT2D eigenvalue weighted by molar-refractivity contribution is 0.631. The molecule has 0 amide bonds. The van der Waals surface area contributed by atoms with E-state index in [0.29, 0.717) is 16.8 Å². The molecule has 0 bridgehead atoms. The van der Waals surface area contributed by atoms with Gasteiger partial charge in [0, 0.05) is 25.2 Å². The first-order valence-electron chi connectivity index (χ1n) is 7.88. The Kier molecular flexibility index (Phi) is 3.81. The highest BCUT2D eigenvalue weighted by atomic mass is 32.1. The van der Waals surface area contributed by atoms with E-state index in [9.17, 15) is 14.0 Å². The minimum atomic E-state index is -0.494. The molecule has 1 aromatic carbocycles. The zero-order valence-electron chi connectivity index (χ0n) is 14.1. The highest BCUT2D eigenvalue weighted by molar-refractivity contribution is 7.13. The number of rotatable bonds is 2. The molecule has 0 aliphatic carbocycles. The zero-order chi connectivity index (χ0) is 18.4. The van der Waals surface area contributed by atoms with Gasteiger partial charge >= 0.3 is 5.69 Å². The molecule has 3 heterocycles.